The molecule has 0 unspecified atom stereocenters. The third kappa shape index (κ3) is 4.46. The third-order valence-corrected chi connectivity index (χ3v) is 5.81. The molecule has 3 rings (SSSR count). The fraction of sp³-hybridized carbons (Fsp3) is 0.278. The number of methoxy groups -OCH3 is 1. The number of benzene rings is 2. The highest BCUT2D eigenvalue weighted by atomic mass is 32.2. The van der Waals surface area contributed by atoms with Gasteiger partial charge in [0.25, 0.3) is 5.91 Å². The molecule has 0 aliphatic carbocycles. The van der Waals surface area contributed by atoms with Crippen molar-refractivity contribution in [2.24, 2.45) is 0 Å². The second kappa shape index (κ2) is 8.21. The zero-order valence-corrected chi connectivity index (χ0v) is 15.8. The normalized spacial score (nSPS) is 16.8. The van der Waals surface area contributed by atoms with Crippen LogP contribution in [-0.4, -0.2) is 40.6 Å². The summed E-state index contributed by atoms with van der Waals surface area (Å²) >= 11 is 0. The van der Waals surface area contributed by atoms with E-state index in [2.05, 4.69) is 15.4 Å². The number of anilines is 1. The van der Waals surface area contributed by atoms with E-state index in [-0.39, 0.29) is 27.9 Å². The molecule has 28 heavy (non-hydrogen) atoms. The number of nitrogens with one attached hydrogen (secondary N) is 3. The molecule has 10 heteroatoms. The Balaban J connectivity index is 1.88. The van der Waals surface area contributed by atoms with E-state index in [9.17, 15) is 22.0 Å². The van der Waals surface area contributed by atoms with Gasteiger partial charge in [0.2, 0.25) is 10.0 Å². The molecular formula is C18H19F2N3O4S. The lowest BCUT2D eigenvalue weighted by Gasteiger charge is -2.15. The molecule has 7 nitrogen and oxygen atoms in total. The summed E-state index contributed by atoms with van der Waals surface area (Å²) in [6.07, 6.45) is 0.659. The first-order valence-electron chi connectivity index (χ1n) is 8.47. The number of hydrogen-bond acceptors (Lipinski definition) is 5. The fourth-order valence-corrected chi connectivity index (χ4v) is 4.15. The lowest BCUT2D eigenvalue weighted by molar-refractivity contribution is 0.102. The molecule has 1 heterocycles. The smallest absolute Gasteiger partial charge is 0.259 e. The summed E-state index contributed by atoms with van der Waals surface area (Å²) in [5.74, 6) is -2.41. The standard InChI is InChI=1S/C18H19F2N3O4S/c1-27-17-5-3-13(28(25,26)23-12-6-7-21-10-12)9-14(17)18(24)22-16-4-2-11(19)8-15(16)20/h2-5,8-9,12,21,23H,6-7,10H2,1H3,(H,22,24)/t12-/m1/s1. The van der Waals surface area contributed by atoms with Crippen molar-refractivity contribution in [3.63, 3.8) is 0 Å². The zero-order valence-electron chi connectivity index (χ0n) is 15.0. The van der Waals surface area contributed by atoms with Gasteiger partial charge in [-0.05, 0) is 43.3 Å². The van der Waals surface area contributed by atoms with Crippen LogP contribution in [0.15, 0.2) is 41.3 Å². The molecule has 1 saturated heterocycles. The summed E-state index contributed by atoms with van der Waals surface area (Å²) in [6.45, 7) is 1.24. The second-order valence-corrected chi connectivity index (χ2v) is 7.97. The van der Waals surface area contributed by atoms with Gasteiger partial charge in [0.1, 0.15) is 17.4 Å². The number of hydrogen-bond donors (Lipinski definition) is 3. The molecule has 0 aromatic heterocycles. The van der Waals surface area contributed by atoms with Crippen LogP contribution in [0.5, 0.6) is 5.75 Å². The summed E-state index contributed by atoms with van der Waals surface area (Å²) in [4.78, 5) is 12.5. The number of amides is 1. The van der Waals surface area contributed by atoms with Crippen LogP contribution in [0.1, 0.15) is 16.8 Å². The molecule has 3 N–H and O–H groups in total. The van der Waals surface area contributed by atoms with E-state index in [0.717, 1.165) is 18.2 Å². The van der Waals surface area contributed by atoms with E-state index in [1.807, 2.05) is 0 Å². The van der Waals surface area contributed by atoms with Crippen molar-refractivity contribution in [1.82, 2.24) is 10.0 Å². The summed E-state index contributed by atoms with van der Waals surface area (Å²) in [6, 6.07) is 6.28. The van der Waals surface area contributed by atoms with E-state index in [0.29, 0.717) is 25.6 Å². The average Bonchev–Trinajstić information content (AvgIpc) is 3.15. The topological polar surface area (TPSA) is 96.5 Å². The maximum absolute atomic E-state index is 13.8. The fourth-order valence-electron chi connectivity index (χ4n) is 2.85. The second-order valence-electron chi connectivity index (χ2n) is 6.25. The molecular weight excluding hydrogens is 392 g/mol. The van der Waals surface area contributed by atoms with Crippen LogP contribution in [0, 0.1) is 11.6 Å². The number of sulfonamides is 1. The van der Waals surface area contributed by atoms with Crippen LogP contribution in [-0.2, 0) is 10.0 Å². The predicted octanol–water partition coefficient (Wildman–Crippen LogP) is 1.87. The number of carbonyl (C=O) groups is 1. The van der Waals surface area contributed by atoms with E-state index in [1.54, 1.807) is 0 Å². The highest BCUT2D eigenvalue weighted by Gasteiger charge is 2.25. The first kappa shape index (κ1) is 20.2. The Bertz CT molecular complexity index is 992. The highest BCUT2D eigenvalue weighted by Crippen LogP contribution is 2.25. The first-order chi connectivity index (χ1) is 13.3. The van der Waals surface area contributed by atoms with Gasteiger partial charge in [-0.2, -0.15) is 0 Å². The van der Waals surface area contributed by atoms with Crippen molar-refractivity contribution in [3.8, 4) is 5.75 Å². The van der Waals surface area contributed by atoms with Crippen molar-refractivity contribution in [2.75, 3.05) is 25.5 Å². The Labute approximate surface area is 161 Å². The minimum Gasteiger partial charge on any atom is -0.496 e. The van der Waals surface area contributed by atoms with E-state index in [1.165, 1.54) is 19.2 Å². The minimum atomic E-state index is -3.86. The van der Waals surface area contributed by atoms with Crippen molar-refractivity contribution >= 4 is 21.6 Å². The van der Waals surface area contributed by atoms with E-state index >= 15 is 0 Å². The van der Waals surface area contributed by atoms with Gasteiger partial charge < -0.3 is 15.4 Å². The van der Waals surface area contributed by atoms with Crippen LogP contribution >= 0.6 is 0 Å². The molecule has 1 aliphatic heterocycles. The average molecular weight is 411 g/mol. The predicted molar refractivity (Wildman–Crippen MR) is 98.9 cm³/mol. The van der Waals surface area contributed by atoms with Gasteiger partial charge in [-0.3, -0.25) is 4.79 Å². The van der Waals surface area contributed by atoms with Crippen molar-refractivity contribution in [1.29, 1.82) is 0 Å². The summed E-state index contributed by atoms with van der Waals surface area (Å²) in [5, 5.41) is 5.35. The van der Waals surface area contributed by atoms with Crippen molar-refractivity contribution < 1.29 is 26.7 Å². The molecule has 150 valence electrons. The molecule has 1 atom stereocenters. The molecule has 0 saturated carbocycles. The van der Waals surface area contributed by atoms with Crippen molar-refractivity contribution in [2.45, 2.75) is 17.4 Å². The minimum absolute atomic E-state index is 0.0985. The van der Waals surface area contributed by atoms with Gasteiger partial charge in [-0.25, -0.2) is 21.9 Å². The van der Waals surface area contributed by atoms with Crippen LogP contribution in [0.3, 0.4) is 0 Å². The van der Waals surface area contributed by atoms with Crippen LogP contribution in [0.2, 0.25) is 0 Å². The maximum Gasteiger partial charge on any atom is 0.259 e. The molecule has 0 radical (unpaired) electrons. The maximum atomic E-state index is 13.8. The summed E-state index contributed by atoms with van der Waals surface area (Å²) in [7, 11) is -2.54. The lowest BCUT2D eigenvalue weighted by atomic mass is 10.1. The Morgan fingerprint density at radius 3 is 2.64 bits per heavy atom. The number of rotatable bonds is 6. The molecule has 2 aromatic carbocycles. The lowest BCUT2D eigenvalue weighted by Crippen LogP contribution is -2.36. The monoisotopic (exact) mass is 411 g/mol. The first-order valence-corrected chi connectivity index (χ1v) is 9.96. The SMILES string of the molecule is COc1ccc(S(=O)(=O)N[C@@H]2CCNC2)cc1C(=O)Nc1ccc(F)cc1F. The molecule has 1 fully saturated rings. The number of halogens is 2. The Morgan fingerprint density at radius 2 is 2.00 bits per heavy atom. The van der Waals surface area contributed by atoms with Crippen LogP contribution < -0.4 is 20.1 Å². The zero-order chi connectivity index (χ0) is 20.3. The molecule has 1 amide bonds. The Hall–Kier alpha value is -2.56. The van der Waals surface area contributed by atoms with Gasteiger partial charge in [-0.1, -0.05) is 0 Å². The van der Waals surface area contributed by atoms with Gasteiger partial charge in [-0.15, -0.1) is 0 Å². The molecule has 0 bridgehead atoms. The summed E-state index contributed by atoms with van der Waals surface area (Å²) in [5.41, 5.74) is -0.337. The van der Waals surface area contributed by atoms with E-state index < -0.39 is 27.6 Å². The molecule has 2 aromatic rings. The molecule has 0 spiro atoms. The Morgan fingerprint density at radius 1 is 1.21 bits per heavy atom. The Kier molecular flexibility index (Phi) is 5.92. The third-order valence-electron chi connectivity index (χ3n) is 4.29. The number of ether oxygens (including phenoxy) is 1. The largest absolute Gasteiger partial charge is 0.496 e. The van der Waals surface area contributed by atoms with Gasteiger partial charge >= 0.3 is 0 Å². The van der Waals surface area contributed by atoms with Crippen molar-refractivity contribution in [3.05, 3.63) is 53.6 Å². The van der Waals surface area contributed by atoms with Crippen LogP contribution in [0.25, 0.3) is 0 Å². The van der Waals surface area contributed by atoms with Crippen LogP contribution in [0.4, 0.5) is 14.5 Å². The van der Waals surface area contributed by atoms with Gasteiger partial charge in [0.05, 0.1) is 23.3 Å². The van der Waals surface area contributed by atoms with Gasteiger partial charge in [0.15, 0.2) is 0 Å². The number of carbonyl (C=O) groups excluding carboxylic acids is 1. The highest BCUT2D eigenvalue weighted by molar-refractivity contribution is 7.89. The molecule has 1 aliphatic rings. The van der Waals surface area contributed by atoms with E-state index in [4.69, 9.17) is 4.74 Å². The summed E-state index contributed by atoms with van der Waals surface area (Å²) < 4.78 is 59.7. The quantitative estimate of drug-likeness (QED) is 0.674. The van der Waals surface area contributed by atoms with Gasteiger partial charge in [0, 0.05) is 18.7 Å².